The molecule has 1 aromatic rings. The van der Waals surface area contributed by atoms with Crippen LogP contribution in [0.2, 0.25) is 0 Å². The smallest absolute Gasteiger partial charge is 0.337 e. The Balaban J connectivity index is 2.50. The fraction of sp³-hybridized carbons (Fsp3) is 0.231. The number of carboxylic acids is 1. The zero-order valence-electron chi connectivity index (χ0n) is 9.69. The van der Waals surface area contributed by atoms with Crippen molar-refractivity contribution in [1.29, 1.82) is 0 Å². The van der Waals surface area contributed by atoms with Crippen LogP contribution < -0.4 is 4.90 Å². The van der Waals surface area contributed by atoms with Gasteiger partial charge in [0.1, 0.15) is 5.82 Å². The molecule has 0 radical (unpaired) electrons. The van der Waals surface area contributed by atoms with Crippen LogP contribution in [0, 0.1) is 24.1 Å². The van der Waals surface area contributed by atoms with Crippen molar-refractivity contribution >= 4 is 33.5 Å². The number of carbonyl (C=O) groups excluding carboxylic acids is 1. The zero-order chi connectivity index (χ0) is 14.2. The van der Waals surface area contributed by atoms with Gasteiger partial charge in [0.25, 0.3) is 0 Å². The minimum atomic E-state index is -1.29. The van der Waals surface area contributed by atoms with Gasteiger partial charge in [0.2, 0.25) is 5.91 Å². The van der Waals surface area contributed by atoms with E-state index in [1.807, 2.05) is 0 Å². The third kappa shape index (κ3) is 2.47. The van der Waals surface area contributed by atoms with E-state index in [9.17, 15) is 14.0 Å². The number of rotatable bonds is 2. The summed E-state index contributed by atoms with van der Waals surface area (Å²) in [5.41, 5.74) is -0.102. The summed E-state index contributed by atoms with van der Waals surface area (Å²) >= 11 is 2.98. The third-order valence-corrected chi connectivity index (χ3v) is 3.53. The Morgan fingerprint density at radius 2 is 2.26 bits per heavy atom. The van der Waals surface area contributed by atoms with E-state index >= 15 is 0 Å². The molecule has 0 bridgehead atoms. The van der Waals surface area contributed by atoms with Gasteiger partial charge in [-0.05, 0) is 28.1 Å². The Bertz CT molecular complexity index is 609. The predicted octanol–water partition coefficient (Wildman–Crippen LogP) is 2.27. The average molecular weight is 326 g/mol. The molecule has 1 heterocycles. The minimum absolute atomic E-state index is 0.101. The summed E-state index contributed by atoms with van der Waals surface area (Å²) in [6.07, 6.45) is 5.44. The van der Waals surface area contributed by atoms with Crippen LogP contribution in [-0.4, -0.2) is 23.5 Å². The monoisotopic (exact) mass is 325 g/mol. The highest BCUT2D eigenvalue weighted by molar-refractivity contribution is 9.10. The first-order valence-corrected chi connectivity index (χ1v) is 6.22. The molecule has 1 aromatic carbocycles. The Kier molecular flexibility index (Phi) is 3.58. The van der Waals surface area contributed by atoms with Gasteiger partial charge in [-0.1, -0.05) is 0 Å². The predicted molar refractivity (Wildman–Crippen MR) is 70.4 cm³/mol. The van der Waals surface area contributed by atoms with E-state index in [0.717, 1.165) is 6.07 Å². The number of halogens is 2. The largest absolute Gasteiger partial charge is 0.478 e. The minimum Gasteiger partial charge on any atom is -0.478 e. The molecule has 0 saturated carbocycles. The van der Waals surface area contributed by atoms with Crippen molar-refractivity contribution in [3.8, 4) is 12.3 Å². The molecule has 1 unspecified atom stereocenters. The second-order valence-electron chi connectivity index (χ2n) is 4.16. The maximum atomic E-state index is 13.4. The molecule has 1 N–H and O–H groups in total. The van der Waals surface area contributed by atoms with Crippen molar-refractivity contribution in [3.05, 3.63) is 28.0 Å². The van der Waals surface area contributed by atoms with Crippen LogP contribution in [0.1, 0.15) is 16.8 Å². The second-order valence-corrected chi connectivity index (χ2v) is 5.02. The van der Waals surface area contributed by atoms with Crippen molar-refractivity contribution in [2.24, 2.45) is 5.92 Å². The molecule has 1 aliphatic heterocycles. The molecule has 0 spiro atoms. The van der Waals surface area contributed by atoms with Gasteiger partial charge in [-0.15, -0.1) is 12.3 Å². The van der Waals surface area contributed by atoms with E-state index in [2.05, 4.69) is 21.9 Å². The highest BCUT2D eigenvalue weighted by Crippen LogP contribution is 2.32. The standard InChI is InChI=1S/C13H9BrFNO3/c1-2-7-3-12(17)16(6-7)11-5-9(14)10(15)4-8(11)13(18)19/h1,4-5,7H,3,6H2,(H,18,19). The molecule has 6 heteroatoms. The molecule has 0 aliphatic carbocycles. The lowest BCUT2D eigenvalue weighted by Gasteiger charge is -2.19. The van der Waals surface area contributed by atoms with Crippen LogP contribution in [-0.2, 0) is 4.79 Å². The van der Waals surface area contributed by atoms with Crippen LogP contribution in [0.15, 0.2) is 16.6 Å². The Hall–Kier alpha value is -1.87. The normalized spacial score (nSPS) is 18.5. The van der Waals surface area contributed by atoms with Crippen LogP contribution in [0.4, 0.5) is 10.1 Å². The first-order chi connectivity index (χ1) is 8.93. The molecule has 19 heavy (non-hydrogen) atoms. The fourth-order valence-corrected chi connectivity index (χ4v) is 2.31. The zero-order valence-corrected chi connectivity index (χ0v) is 11.3. The number of carboxylic acid groups (broad SMARTS) is 1. The average Bonchev–Trinajstić information content (AvgIpc) is 2.73. The van der Waals surface area contributed by atoms with Crippen LogP contribution in [0.5, 0.6) is 0 Å². The maximum Gasteiger partial charge on any atom is 0.337 e. The summed E-state index contributed by atoms with van der Waals surface area (Å²) in [6, 6.07) is 2.17. The lowest BCUT2D eigenvalue weighted by Crippen LogP contribution is -2.26. The van der Waals surface area contributed by atoms with E-state index in [-0.39, 0.29) is 40.5 Å². The van der Waals surface area contributed by atoms with Gasteiger partial charge < -0.3 is 10.0 Å². The van der Waals surface area contributed by atoms with E-state index in [4.69, 9.17) is 11.5 Å². The topological polar surface area (TPSA) is 57.6 Å². The lowest BCUT2D eigenvalue weighted by molar-refractivity contribution is -0.117. The first kappa shape index (κ1) is 13.6. The van der Waals surface area contributed by atoms with Gasteiger partial charge in [-0.2, -0.15) is 0 Å². The SMILES string of the molecule is C#CC1CC(=O)N(c2cc(Br)c(F)cc2C(=O)O)C1. The second kappa shape index (κ2) is 5.02. The summed E-state index contributed by atoms with van der Waals surface area (Å²) in [6.45, 7) is 0.244. The molecular formula is C13H9BrFNO3. The van der Waals surface area contributed by atoms with E-state index in [1.54, 1.807) is 0 Å². The maximum absolute atomic E-state index is 13.4. The third-order valence-electron chi connectivity index (χ3n) is 2.92. The van der Waals surface area contributed by atoms with Crippen LogP contribution >= 0.6 is 15.9 Å². The summed E-state index contributed by atoms with van der Waals surface area (Å²) < 4.78 is 13.5. The highest BCUT2D eigenvalue weighted by atomic mass is 79.9. The molecule has 1 saturated heterocycles. The number of carbonyl (C=O) groups is 2. The molecular weight excluding hydrogens is 317 g/mol. The van der Waals surface area contributed by atoms with Gasteiger partial charge in [0.05, 0.1) is 15.7 Å². The van der Waals surface area contributed by atoms with E-state index in [1.165, 1.54) is 11.0 Å². The van der Waals surface area contributed by atoms with Gasteiger partial charge in [0.15, 0.2) is 0 Å². The number of nitrogens with zero attached hydrogens (tertiary/aromatic N) is 1. The Morgan fingerprint density at radius 1 is 1.58 bits per heavy atom. The summed E-state index contributed by atoms with van der Waals surface area (Å²) in [5.74, 6) is -0.0255. The van der Waals surface area contributed by atoms with E-state index < -0.39 is 11.8 Å². The van der Waals surface area contributed by atoms with Gasteiger partial charge >= 0.3 is 5.97 Å². The van der Waals surface area contributed by atoms with Crippen LogP contribution in [0.25, 0.3) is 0 Å². The van der Waals surface area contributed by atoms with Crippen molar-refractivity contribution in [2.45, 2.75) is 6.42 Å². The molecule has 4 nitrogen and oxygen atoms in total. The number of hydrogen-bond donors (Lipinski definition) is 1. The van der Waals surface area contributed by atoms with Crippen LogP contribution in [0.3, 0.4) is 0 Å². The summed E-state index contributed by atoms with van der Waals surface area (Å²) in [7, 11) is 0. The number of benzene rings is 1. The number of anilines is 1. The highest BCUT2D eigenvalue weighted by Gasteiger charge is 2.32. The number of terminal acetylenes is 1. The molecule has 1 amide bonds. The van der Waals surface area contributed by atoms with Crippen molar-refractivity contribution < 1.29 is 19.1 Å². The molecule has 1 atom stereocenters. The Morgan fingerprint density at radius 3 is 2.79 bits per heavy atom. The van der Waals surface area contributed by atoms with E-state index in [0.29, 0.717) is 0 Å². The van der Waals surface area contributed by atoms with Gasteiger partial charge in [-0.3, -0.25) is 4.79 Å². The molecule has 1 aliphatic rings. The number of aromatic carboxylic acids is 1. The molecule has 1 fully saturated rings. The van der Waals surface area contributed by atoms with Gasteiger partial charge in [-0.25, -0.2) is 9.18 Å². The fourth-order valence-electron chi connectivity index (χ4n) is 1.98. The number of amides is 1. The first-order valence-electron chi connectivity index (χ1n) is 5.43. The quantitative estimate of drug-likeness (QED) is 0.849. The number of hydrogen-bond acceptors (Lipinski definition) is 2. The lowest BCUT2D eigenvalue weighted by atomic mass is 10.1. The van der Waals surface area contributed by atoms with Crippen molar-refractivity contribution in [3.63, 3.8) is 0 Å². The molecule has 0 aromatic heterocycles. The van der Waals surface area contributed by atoms with Crippen molar-refractivity contribution in [2.75, 3.05) is 11.4 Å². The molecule has 2 rings (SSSR count). The van der Waals surface area contributed by atoms with Crippen molar-refractivity contribution in [1.82, 2.24) is 0 Å². The summed E-state index contributed by atoms with van der Waals surface area (Å²) in [5, 5.41) is 9.09. The molecule has 98 valence electrons. The van der Waals surface area contributed by atoms with Gasteiger partial charge in [0, 0.05) is 18.9 Å². The summed E-state index contributed by atoms with van der Waals surface area (Å²) in [4.78, 5) is 24.3. The Labute approximate surface area is 117 Å².